The fraction of sp³-hybridized carbons (Fsp3) is 0.316. The van der Waals surface area contributed by atoms with Gasteiger partial charge in [-0.05, 0) is 42.2 Å². The summed E-state index contributed by atoms with van der Waals surface area (Å²) in [5.74, 6) is 0.191. The molecular formula is C19H21N3O3. The second-order valence-electron chi connectivity index (χ2n) is 6.15. The van der Waals surface area contributed by atoms with E-state index in [4.69, 9.17) is 0 Å². The Morgan fingerprint density at radius 2 is 2.12 bits per heavy atom. The molecule has 0 saturated carbocycles. The summed E-state index contributed by atoms with van der Waals surface area (Å²) in [5, 5.41) is 12.2. The first-order valence-corrected chi connectivity index (χ1v) is 8.41. The standard InChI is InChI=1S/C19H21N3O3/c23-17-10-15(12-20-13-17)6-7-21-18(24)11-14-3-1-4-16(9-14)22-8-2-5-19(22)25/h1,3-4,9-10,12-13,23H,2,5-8,11H2,(H,21,24). The summed E-state index contributed by atoms with van der Waals surface area (Å²) < 4.78 is 0. The van der Waals surface area contributed by atoms with Crippen molar-refractivity contribution in [3.05, 3.63) is 53.9 Å². The average molecular weight is 339 g/mol. The maximum atomic E-state index is 12.1. The van der Waals surface area contributed by atoms with E-state index in [9.17, 15) is 14.7 Å². The first-order valence-electron chi connectivity index (χ1n) is 8.41. The number of amides is 2. The Kier molecular flexibility index (Phi) is 5.28. The van der Waals surface area contributed by atoms with Gasteiger partial charge in [0.05, 0.1) is 12.6 Å². The zero-order valence-corrected chi connectivity index (χ0v) is 13.9. The van der Waals surface area contributed by atoms with Gasteiger partial charge < -0.3 is 15.3 Å². The third-order valence-corrected chi connectivity index (χ3v) is 4.18. The molecule has 0 aliphatic carbocycles. The second-order valence-corrected chi connectivity index (χ2v) is 6.15. The Bertz CT molecular complexity index is 776. The molecule has 2 aromatic rings. The molecule has 1 aromatic heterocycles. The van der Waals surface area contributed by atoms with Gasteiger partial charge in [-0.25, -0.2) is 0 Å². The number of anilines is 1. The van der Waals surface area contributed by atoms with Gasteiger partial charge in [-0.1, -0.05) is 12.1 Å². The van der Waals surface area contributed by atoms with E-state index >= 15 is 0 Å². The number of hydrogen-bond donors (Lipinski definition) is 2. The average Bonchev–Trinajstić information content (AvgIpc) is 3.01. The Morgan fingerprint density at radius 1 is 1.24 bits per heavy atom. The van der Waals surface area contributed by atoms with Gasteiger partial charge in [0.25, 0.3) is 0 Å². The molecule has 1 aliphatic heterocycles. The van der Waals surface area contributed by atoms with Crippen LogP contribution in [0.5, 0.6) is 5.75 Å². The number of pyridine rings is 1. The highest BCUT2D eigenvalue weighted by molar-refractivity contribution is 5.95. The summed E-state index contributed by atoms with van der Waals surface area (Å²) in [5.41, 5.74) is 2.61. The largest absolute Gasteiger partial charge is 0.506 e. The number of benzene rings is 1. The number of carbonyl (C=O) groups excluding carboxylic acids is 2. The molecule has 1 saturated heterocycles. The number of hydrogen-bond acceptors (Lipinski definition) is 4. The first-order chi connectivity index (χ1) is 12.1. The van der Waals surface area contributed by atoms with Crippen LogP contribution in [0, 0.1) is 0 Å². The molecule has 6 heteroatoms. The minimum atomic E-state index is -0.0713. The van der Waals surface area contributed by atoms with E-state index in [0.717, 1.165) is 29.8 Å². The van der Waals surface area contributed by atoms with Crippen molar-refractivity contribution in [2.75, 3.05) is 18.0 Å². The highest BCUT2D eigenvalue weighted by atomic mass is 16.3. The Balaban J connectivity index is 1.51. The summed E-state index contributed by atoms with van der Waals surface area (Å²) in [6.45, 7) is 1.22. The van der Waals surface area contributed by atoms with E-state index in [1.54, 1.807) is 17.2 Å². The minimum Gasteiger partial charge on any atom is -0.506 e. The van der Waals surface area contributed by atoms with Crippen LogP contribution in [0.2, 0.25) is 0 Å². The van der Waals surface area contributed by atoms with E-state index < -0.39 is 0 Å². The summed E-state index contributed by atoms with van der Waals surface area (Å²) >= 11 is 0. The van der Waals surface area contributed by atoms with Gasteiger partial charge in [-0.15, -0.1) is 0 Å². The number of aromatic hydroxyl groups is 1. The lowest BCUT2D eigenvalue weighted by Gasteiger charge is -2.16. The number of aromatic nitrogens is 1. The Hall–Kier alpha value is -2.89. The van der Waals surface area contributed by atoms with Crippen molar-refractivity contribution in [1.82, 2.24) is 10.3 Å². The van der Waals surface area contributed by atoms with E-state index in [0.29, 0.717) is 19.4 Å². The summed E-state index contributed by atoms with van der Waals surface area (Å²) in [6, 6.07) is 9.21. The molecule has 1 aromatic carbocycles. The normalized spacial score (nSPS) is 13.9. The molecule has 3 rings (SSSR count). The smallest absolute Gasteiger partial charge is 0.227 e. The molecule has 0 bridgehead atoms. The molecule has 2 amide bonds. The summed E-state index contributed by atoms with van der Waals surface area (Å²) in [6.07, 6.45) is 5.40. The summed E-state index contributed by atoms with van der Waals surface area (Å²) in [4.78, 5) is 29.6. The van der Waals surface area contributed by atoms with Crippen molar-refractivity contribution in [2.24, 2.45) is 0 Å². The fourth-order valence-corrected chi connectivity index (χ4v) is 2.96. The van der Waals surface area contributed by atoms with Crippen LogP contribution in [0.25, 0.3) is 0 Å². The van der Waals surface area contributed by atoms with Crippen molar-refractivity contribution in [3.8, 4) is 5.75 Å². The molecule has 1 aliphatic rings. The van der Waals surface area contributed by atoms with Gasteiger partial charge in [-0.3, -0.25) is 14.6 Å². The van der Waals surface area contributed by atoms with Crippen LogP contribution in [0.4, 0.5) is 5.69 Å². The SMILES string of the molecule is O=C(Cc1cccc(N2CCCC2=O)c1)NCCc1cncc(O)c1. The minimum absolute atomic E-state index is 0.0713. The van der Waals surface area contributed by atoms with Crippen molar-refractivity contribution < 1.29 is 14.7 Å². The highest BCUT2D eigenvalue weighted by Crippen LogP contribution is 2.22. The Morgan fingerprint density at radius 3 is 2.88 bits per heavy atom. The van der Waals surface area contributed by atoms with Crippen LogP contribution in [-0.4, -0.2) is 35.0 Å². The molecule has 2 heterocycles. The number of carbonyl (C=O) groups is 2. The van der Waals surface area contributed by atoms with Crippen LogP contribution >= 0.6 is 0 Å². The lowest BCUT2D eigenvalue weighted by atomic mass is 10.1. The maximum absolute atomic E-state index is 12.1. The first kappa shape index (κ1) is 17.0. The van der Waals surface area contributed by atoms with Crippen molar-refractivity contribution in [3.63, 3.8) is 0 Å². The third-order valence-electron chi connectivity index (χ3n) is 4.18. The molecule has 2 N–H and O–H groups in total. The quantitative estimate of drug-likeness (QED) is 0.841. The van der Waals surface area contributed by atoms with Crippen molar-refractivity contribution >= 4 is 17.5 Å². The second kappa shape index (κ2) is 7.79. The third kappa shape index (κ3) is 4.56. The van der Waals surface area contributed by atoms with Gasteiger partial charge >= 0.3 is 0 Å². The number of nitrogens with one attached hydrogen (secondary N) is 1. The molecule has 130 valence electrons. The lowest BCUT2D eigenvalue weighted by molar-refractivity contribution is -0.120. The fourth-order valence-electron chi connectivity index (χ4n) is 2.96. The molecule has 0 atom stereocenters. The van der Waals surface area contributed by atoms with Crippen LogP contribution in [0.1, 0.15) is 24.0 Å². The molecule has 25 heavy (non-hydrogen) atoms. The van der Waals surface area contributed by atoms with Gasteiger partial charge in [0.1, 0.15) is 5.75 Å². The zero-order chi connectivity index (χ0) is 17.6. The molecular weight excluding hydrogens is 318 g/mol. The van der Waals surface area contributed by atoms with Gasteiger partial charge in [0.2, 0.25) is 11.8 Å². The maximum Gasteiger partial charge on any atom is 0.227 e. The van der Waals surface area contributed by atoms with E-state index in [-0.39, 0.29) is 24.0 Å². The zero-order valence-electron chi connectivity index (χ0n) is 13.9. The van der Waals surface area contributed by atoms with Crippen molar-refractivity contribution in [1.29, 1.82) is 0 Å². The van der Waals surface area contributed by atoms with E-state index in [2.05, 4.69) is 10.3 Å². The predicted molar refractivity (Wildman–Crippen MR) is 94.3 cm³/mol. The van der Waals surface area contributed by atoms with Crippen LogP contribution < -0.4 is 10.2 Å². The molecule has 0 radical (unpaired) electrons. The predicted octanol–water partition coefficient (Wildman–Crippen LogP) is 1.82. The topological polar surface area (TPSA) is 82.5 Å². The van der Waals surface area contributed by atoms with Gasteiger partial charge in [0, 0.05) is 31.4 Å². The monoisotopic (exact) mass is 339 g/mol. The Labute approximate surface area is 146 Å². The van der Waals surface area contributed by atoms with Crippen LogP contribution in [0.3, 0.4) is 0 Å². The van der Waals surface area contributed by atoms with Crippen LogP contribution in [-0.2, 0) is 22.4 Å². The van der Waals surface area contributed by atoms with E-state index in [1.807, 2.05) is 24.3 Å². The van der Waals surface area contributed by atoms with E-state index in [1.165, 1.54) is 6.20 Å². The number of nitrogens with zero attached hydrogens (tertiary/aromatic N) is 2. The van der Waals surface area contributed by atoms with Gasteiger partial charge in [-0.2, -0.15) is 0 Å². The van der Waals surface area contributed by atoms with Gasteiger partial charge in [0.15, 0.2) is 0 Å². The lowest BCUT2D eigenvalue weighted by Crippen LogP contribution is -2.27. The number of rotatable bonds is 6. The van der Waals surface area contributed by atoms with Crippen LogP contribution in [0.15, 0.2) is 42.7 Å². The molecule has 1 fully saturated rings. The highest BCUT2D eigenvalue weighted by Gasteiger charge is 2.21. The molecule has 6 nitrogen and oxygen atoms in total. The molecule has 0 spiro atoms. The molecule has 0 unspecified atom stereocenters. The van der Waals surface area contributed by atoms with Crippen molar-refractivity contribution in [2.45, 2.75) is 25.7 Å². The summed E-state index contributed by atoms with van der Waals surface area (Å²) in [7, 11) is 0.